The Hall–Kier alpha value is -2.02. The van der Waals surface area contributed by atoms with E-state index in [4.69, 9.17) is 5.11 Å². The maximum absolute atomic E-state index is 10.2. The second-order valence-electron chi connectivity index (χ2n) is 2.02. The van der Waals surface area contributed by atoms with Crippen LogP contribution in [0, 0.1) is 11.8 Å². The first-order chi connectivity index (χ1) is 5.72. The number of aromatic nitrogens is 1. The van der Waals surface area contributed by atoms with Crippen molar-refractivity contribution < 1.29 is 14.7 Å². The molecule has 4 nitrogen and oxygen atoms in total. The van der Waals surface area contributed by atoms with Crippen LogP contribution in [-0.2, 0) is 4.79 Å². The van der Waals surface area contributed by atoms with Gasteiger partial charge in [0.15, 0.2) is 6.29 Å². The number of carbonyl (C=O) groups excluding carboxylic acids is 1. The Morgan fingerprint density at radius 3 is 2.92 bits per heavy atom. The zero-order valence-electron chi connectivity index (χ0n) is 6.00. The Morgan fingerprint density at radius 2 is 2.42 bits per heavy atom. The molecule has 0 aliphatic rings. The van der Waals surface area contributed by atoms with Crippen LogP contribution in [-0.4, -0.2) is 22.3 Å². The van der Waals surface area contributed by atoms with Gasteiger partial charge in [-0.1, -0.05) is 5.92 Å². The fourth-order valence-corrected chi connectivity index (χ4v) is 0.678. The lowest BCUT2D eigenvalue weighted by molar-refractivity contribution is -0.130. The first-order valence-corrected chi connectivity index (χ1v) is 3.11. The zero-order valence-corrected chi connectivity index (χ0v) is 6.00. The molecule has 0 amide bonds. The fraction of sp³-hybridized carbons (Fsp3) is 0. The van der Waals surface area contributed by atoms with Crippen LogP contribution in [0.1, 0.15) is 16.1 Å². The Balaban J connectivity index is 2.85. The van der Waals surface area contributed by atoms with E-state index in [0.29, 0.717) is 17.5 Å². The second kappa shape index (κ2) is 3.39. The van der Waals surface area contributed by atoms with Crippen LogP contribution in [0.2, 0.25) is 0 Å². The molecule has 0 saturated carbocycles. The van der Waals surface area contributed by atoms with E-state index in [1.54, 1.807) is 0 Å². The van der Waals surface area contributed by atoms with Gasteiger partial charge in [0.2, 0.25) is 0 Å². The minimum absolute atomic E-state index is 0.379. The molecule has 4 heteroatoms. The molecule has 0 fully saturated rings. The number of aldehydes is 1. The minimum Gasteiger partial charge on any atom is -0.472 e. The quantitative estimate of drug-likeness (QED) is 0.461. The van der Waals surface area contributed by atoms with Gasteiger partial charge in [0.05, 0.1) is 5.69 Å². The van der Waals surface area contributed by atoms with Crippen molar-refractivity contribution in [3.63, 3.8) is 0 Å². The highest BCUT2D eigenvalue weighted by Gasteiger charge is 1.93. The molecule has 0 saturated heterocycles. The van der Waals surface area contributed by atoms with Crippen LogP contribution in [0.3, 0.4) is 0 Å². The van der Waals surface area contributed by atoms with Gasteiger partial charge in [0, 0.05) is 17.7 Å². The standard InChI is InChI=1S/C8H5NO3/c10-5-7-3-6(4-9-7)1-2-8(11)12/h3-5,9H,(H,11,12). The molecule has 0 spiro atoms. The average Bonchev–Trinajstić information content (AvgIpc) is 2.48. The maximum Gasteiger partial charge on any atom is 0.382 e. The van der Waals surface area contributed by atoms with Crippen LogP contribution in [0.25, 0.3) is 0 Å². The van der Waals surface area contributed by atoms with Crippen molar-refractivity contribution in [2.75, 3.05) is 0 Å². The van der Waals surface area contributed by atoms with E-state index < -0.39 is 5.97 Å². The molecule has 60 valence electrons. The van der Waals surface area contributed by atoms with E-state index in [2.05, 4.69) is 10.9 Å². The number of carboxylic acids is 1. The number of H-pyrrole nitrogens is 1. The molecule has 0 bridgehead atoms. The molecule has 0 unspecified atom stereocenters. The summed E-state index contributed by atoms with van der Waals surface area (Å²) in [5.41, 5.74) is 0.865. The zero-order chi connectivity index (χ0) is 8.97. The maximum atomic E-state index is 10.2. The predicted molar refractivity (Wildman–Crippen MR) is 40.7 cm³/mol. The van der Waals surface area contributed by atoms with Crippen molar-refractivity contribution in [3.05, 3.63) is 23.5 Å². The van der Waals surface area contributed by atoms with Crippen molar-refractivity contribution in [2.24, 2.45) is 0 Å². The average molecular weight is 163 g/mol. The number of aliphatic carboxylic acids is 1. The second-order valence-corrected chi connectivity index (χ2v) is 2.02. The summed E-state index contributed by atoms with van der Waals surface area (Å²) in [6.07, 6.45) is 2.10. The van der Waals surface area contributed by atoms with Crippen molar-refractivity contribution >= 4 is 12.3 Å². The van der Waals surface area contributed by atoms with Crippen LogP contribution in [0.4, 0.5) is 0 Å². The summed E-state index contributed by atoms with van der Waals surface area (Å²) in [6, 6.07) is 1.48. The minimum atomic E-state index is -1.19. The van der Waals surface area contributed by atoms with Crippen molar-refractivity contribution in [3.8, 4) is 11.8 Å². The molecule has 0 atom stereocenters. The Kier molecular flexibility index (Phi) is 2.29. The van der Waals surface area contributed by atoms with Crippen molar-refractivity contribution in [1.82, 2.24) is 4.98 Å². The third-order valence-electron chi connectivity index (χ3n) is 1.15. The fourth-order valence-electron chi connectivity index (χ4n) is 0.678. The lowest BCUT2D eigenvalue weighted by Gasteiger charge is -1.73. The SMILES string of the molecule is O=Cc1cc(C#CC(=O)O)c[nH]1. The summed E-state index contributed by atoms with van der Waals surface area (Å²) >= 11 is 0. The number of carbonyl (C=O) groups is 2. The van der Waals surface area contributed by atoms with E-state index in [-0.39, 0.29) is 0 Å². The first-order valence-electron chi connectivity index (χ1n) is 3.11. The highest BCUT2D eigenvalue weighted by molar-refractivity contribution is 5.87. The monoisotopic (exact) mass is 163 g/mol. The normalized spacial score (nSPS) is 8.33. The van der Waals surface area contributed by atoms with Gasteiger partial charge in [-0.3, -0.25) is 4.79 Å². The largest absolute Gasteiger partial charge is 0.472 e. The number of nitrogens with one attached hydrogen (secondary N) is 1. The van der Waals surface area contributed by atoms with E-state index >= 15 is 0 Å². The third-order valence-corrected chi connectivity index (χ3v) is 1.15. The van der Waals surface area contributed by atoms with Gasteiger partial charge in [-0.2, -0.15) is 0 Å². The number of hydrogen-bond acceptors (Lipinski definition) is 2. The highest BCUT2D eigenvalue weighted by Crippen LogP contribution is 1.98. The van der Waals surface area contributed by atoms with Crippen LogP contribution < -0.4 is 0 Å². The van der Waals surface area contributed by atoms with Gasteiger partial charge in [-0.15, -0.1) is 0 Å². The first kappa shape index (κ1) is 8.08. The summed E-state index contributed by atoms with van der Waals surface area (Å²) in [4.78, 5) is 22.8. The molecule has 1 heterocycles. The van der Waals surface area contributed by atoms with E-state index in [9.17, 15) is 9.59 Å². The number of rotatable bonds is 1. The summed E-state index contributed by atoms with van der Waals surface area (Å²) in [5, 5.41) is 8.19. The molecule has 1 rings (SSSR count). The highest BCUT2D eigenvalue weighted by atomic mass is 16.4. The molecular formula is C8H5NO3. The van der Waals surface area contributed by atoms with Gasteiger partial charge in [-0.05, 0) is 6.07 Å². The van der Waals surface area contributed by atoms with Crippen LogP contribution in [0.15, 0.2) is 12.3 Å². The third kappa shape index (κ3) is 1.99. The van der Waals surface area contributed by atoms with E-state index in [1.165, 1.54) is 12.3 Å². The van der Waals surface area contributed by atoms with Gasteiger partial charge in [0.1, 0.15) is 0 Å². The Bertz CT molecular complexity index is 367. The molecule has 0 aliphatic carbocycles. The number of aromatic amines is 1. The van der Waals surface area contributed by atoms with Crippen molar-refractivity contribution in [2.45, 2.75) is 0 Å². The molecular weight excluding hydrogens is 158 g/mol. The van der Waals surface area contributed by atoms with Gasteiger partial charge < -0.3 is 10.1 Å². The Labute approximate surface area is 68.2 Å². The van der Waals surface area contributed by atoms with E-state index in [0.717, 1.165) is 0 Å². The number of hydrogen-bond donors (Lipinski definition) is 2. The molecule has 12 heavy (non-hydrogen) atoms. The molecule has 0 aliphatic heterocycles. The summed E-state index contributed by atoms with van der Waals surface area (Å²) in [7, 11) is 0. The van der Waals surface area contributed by atoms with Crippen LogP contribution >= 0.6 is 0 Å². The van der Waals surface area contributed by atoms with Gasteiger partial charge >= 0.3 is 5.97 Å². The van der Waals surface area contributed by atoms with Crippen molar-refractivity contribution in [1.29, 1.82) is 0 Å². The van der Waals surface area contributed by atoms with Crippen LogP contribution in [0.5, 0.6) is 0 Å². The molecule has 1 aromatic rings. The Morgan fingerprint density at radius 1 is 1.67 bits per heavy atom. The van der Waals surface area contributed by atoms with Gasteiger partial charge in [0.25, 0.3) is 0 Å². The lowest BCUT2D eigenvalue weighted by atomic mass is 10.3. The predicted octanol–water partition coefficient (Wildman–Crippen LogP) is 0.263. The molecule has 0 radical (unpaired) electrons. The van der Waals surface area contributed by atoms with E-state index in [1.807, 2.05) is 5.92 Å². The smallest absolute Gasteiger partial charge is 0.382 e. The summed E-state index contributed by atoms with van der Waals surface area (Å²) in [6.45, 7) is 0. The summed E-state index contributed by atoms with van der Waals surface area (Å²) in [5.74, 6) is 3.10. The topological polar surface area (TPSA) is 70.2 Å². The number of carboxylic acid groups (broad SMARTS) is 1. The van der Waals surface area contributed by atoms with Gasteiger partial charge in [-0.25, -0.2) is 4.79 Å². The summed E-state index contributed by atoms with van der Waals surface area (Å²) < 4.78 is 0. The molecule has 2 N–H and O–H groups in total. The molecule has 1 aromatic heterocycles. The molecule has 0 aromatic carbocycles. The lowest BCUT2D eigenvalue weighted by Crippen LogP contribution is -1.86.